The number of amides is 3. The Labute approximate surface area is 220 Å². The smallest absolute Gasteiger partial charge is 0.245 e. The normalized spacial score (nSPS) is 28.2. The molecule has 5 rings (SSSR count). The Balaban J connectivity index is 1.37. The number of aliphatic hydroxyl groups is 1. The van der Waals surface area contributed by atoms with Gasteiger partial charge in [0.15, 0.2) is 0 Å². The van der Waals surface area contributed by atoms with Crippen molar-refractivity contribution in [3.63, 3.8) is 0 Å². The van der Waals surface area contributed by atoms with Gasteiger partial charge in [0.25, 0.3) is 0 Å². The summed E-state index contributed by atoms with van der Waals surface area (Å²) in [6.45, 7) is 3.38. The lowest BCUT2D eigenvalue weighted by molar-refractivity contribution is -0.140. The standard InChI is InChI=1S/C26H36N6O4S/c1-2-13-27-23(34)20-19-11-12-26(37-19)21(20)25(36)31(14-7-3-4-8-15-33)22(26)24(35)28-16-32-18-10-6-5-9-17(18)29-30-32/h5-6,9-10,19-22,33H,2-4,7-8,11-16H2,1H3,(H,27,34)(H,28,35)/t19-,20+,21-,22?,26?/m0/s1. The van der Waals surface area contributed by atoms with Crippen molar-refractivity contribution in [1.29, 1.82) is 0 Å². The van der Waals surface area contributed by atoms with Gasteiger partial charge in [0.2, 0.25) is 17.7 Å². The molecule has 1 spiro atoms. The van der Waals surface area contributed by atoms with Crippen molar-refractivity contribution >= 4 is 40.5 Å². The van der Waals surface area contributed by atoms with Gasteiger partial charge in [-0.2, -0.15) is 0 Å². The monoisotopic (exact) mass is 528 g/mol. The molecule has 3 amide bonds. The minimum Gasteiger partial charge on any atom is -0.396 e. The van der Waals surface area contributed by atoms with Gasteiger partial charge in [-0.05, 0) is 44.2 Å². The van der Waals surface area contributed by atoms with E-state index in [1.165, 1.54) is 0 Å². The zero-order valence-corrected chi connectivity index (χ0v) is 22.1. The molecule has 200 valence electrons. The fourth-order valence-corrected chi connectivity index (χ4v) is 8.61. The third kappa shape index (κ3) is 4.60. The Bertz CT molecular complexity index is 1160. The summed E-state index contributed by atoms with van der Waals surface area (Å²) in [6, 6.07) is 6.94. The Morgan fingerprint density at radius 2 is 1.97 bits per heavy atom. The molecular formula is C26H36N6O4S. The average Bonchev–Trinajstić information content (AvgIpc) is 3.65. The van der Waals surface area contributed by atoms with E-state index in [0.29, 0.717) is 13.1 Å². The van der Waals surface area contributed by atoms with E-state index in [1.807, 2.05) is 31.2 Å². The molecule has 4 heterocycles. The maximum Gasteiger partial charge on any atom is 0.245 e. The van der Waals surface area contributed by atoms with Crippen LogP contribution in [0.3, 0.4) is 0 Å². The van der Waals surface area contributed by atoms with Crippen molar-refractivity contribution in [2.45, 2.75) is 74.6 Å². The fourth-order valence-electron chi connectivity index (χ4n) is 6.39. The van der Waals surface area contributed by atoms with Gasteiger partial charge < -0.3 is 20.6 Å². The predicted octanol–water partition coefficient (Wildman–Crippen LogP) is 1.68. The number of nitrogens with zero attached hydrogens (tertiary/aromatic N) is 4. The summed E-state index contributed by atoms with van der Waals surface area (Å²) >= 11 is 1.68. The van der Waals surface area contributed by atoms with Crippen LogP contribution in [0, 0.1) is 11.8 Å². The zero-order valence-electron chi connectivity index (χ0n) is 21.3. The Hall–Kier alpha value is -2.66. The molecule has 0 radical (unpaired) electrons. The van der Waals surface area contributed by atoms with Crippen molar-refractivity contribution in [3.8, 4) is 0 Å². The number of thioether (sulfide) groups is 1. The first-order valence-corrected chi connectivity index (χ1v) is 14.3. The number of carbonyl (C=O) groups excluding carboxylic acids is 3. The Kier molecular flexibility index (Phi) is 7.71. The molecule has 0 aliphatic carbocycles. The number of hydrogen-bond donors (Lipinski definition) is 3. The number of nitrogens with one attached hydrogen (secondary N) is 2. The van der Waals surface area contributed by atoms with Crippen molar-refractivity contribution in [2.24, 2.45) is 11.8 Å². The van der Waals surface area contributed by atoms with Crippen LogP contribution in [-0.4, -0.2) is 78.5 Å². The summed E-state index contributed by atoms with van der Waals surface area (Å²) in [5.41, 5.74) is 1.58. The maximum absolute atomic E-state index is 13.9. The predicted molar refractivity (Wildman–Crippen MR) is 140 cm³/mol. The summed E-state index contributed by atoms with van der Waals surface area (Å²) in [5.74, 6) is -1.20. The molecule has 3 N–H and O–H groups in total. The summed E-state index contributed by atoms with van der Waals surface area (Å²) < 4.78 is 1.06. The second-order valence-electron chi connectivity index (χ2n) is 10.3. The fraction of sp³-hybridized carbons (Fsp3) is 0.654. The van der Waals surface area contributed by atoms with E-state index in [9.17, 15) is 14.4 Å². The molecule has 2 bridgehead atoms. The average molecular weight is 529 g/mol. The number of likely N-dealkylation sites (tertiary alicyclic amines) is 1. The summed E-state index contributed by atoms with van der Waals surface area (Å²) in [6.07, 6.45) is 5.66. The van der Waals surface area contributed by atoms with Crippen molar-refractivity contribution < 1.29 is 19.5 Å². The van der Waals surface area contributed by atoms with Gasteiger partial charge >= 0.3 is 0 Å². The van der Waals surface area contributed by atoms with Gasteiger partial charge in [-0.1, -0.05) is 37.1 Å². The molecule has 1 aromatic heterocycles. The van der Waals surface area contributed by atoms with E-state index in [0.717, 1.165) is 56.0 Å². The third-order valence-corrected chi connectivity index (χ3v) is 9.98. The molecular weight excluding hydrogens is 492 g/mol. The summed E-state index contributed by atoms with van der Waals surface area (Å²) in [7, 11) is 0. The highest BCUT2D eigenvalue weighted by atomic mass is 32.2. The second kappa shape index (κ2) is 11.0. The Morgan fingerprint density at radius 1 is 1.16 bits per heavy atom. The zero-order chi connectivity index (χ0) is 26.0. The van der Waals surface area contributed by atoms with E-state index in [4.69, 9.17) is 5.11 Å². The second-order valence-corrected chi connectivity index (χ2v) is 11.9. The number of carbonyl (C=O) groups is 3. The highest BCUT2D eigenvalue weighted by molar-refractivity contribution is 8.02. The number of unbranched alkanes of at least 4 members (excludes halogenated alkanes) is 3. The van der Waals surface area contributed by atoms with Crippen molar-refractivity contribution in [1.82, 2.24) is 30.5 Å². The number of fused-ring (bicyclic) bond motifs is 2. The summed E-state index contributed by atoms with van der Waals surface area (Å²) in [4.78, 5) is 42.6. The van der Waals surface area contributed by atoms with E-state index in [2.05, 4.69) is 20.9 Å². The number of aromatic nitrogens is 3. The molecule has 10 nitrogen and oxygen atoms in total. The maximum atomic E-state index is 13.9. The lowest BCUT2D eigenvalue weighted by Gasteiger charge is -2.34. The number of para-hydroxylation sites is 1. The topological polar surface area (TPSA) is 129 Å². The van der Waals surface area contributed by atoms with E-state index in [1.54, 1.807) is 21.3 Å². The van der Waals surface area contributed by atoms with Gasteiger partial charge in [-0.25, -0.2) is 4.68 Å². The Morgan fingerprint density at radius 3 is 2.78 bits per heavy atom. The molecule has 2 aromatic rings. The van der Waals surface area contributed by atoms with Gasteiger partial charge in [-0.3, -0.25) is 14.4 Å². The minimum atomic E-state index is -0.628. The highest BCUT2D eigenvalue weighted by Gasteiger charge is 2.73. The molecule has 3 fully saturated rings. The van der Waals surface area contributed by atoms with E-state index in [-0.39, 0.29) is 36.2 Å². The van der Waals surface area contributed by atoms with Crippen LogP contribution in [0.5, 0.6) is 0 Å². The first-order chi connectivity index (χ1) is 18.0. The number of rotatable bonds is 12. The largest absolute Gasteiger partial charge is 0.396 e. The molecule has 37 heavy (non-hydrogen) atoms. The van der Waals surface area contributed by atoms with Gasteiger partial charge in [0.1, 0.15) is 18.2 Å². The lowest BCUT2D eigenvalue weighted by atomic mass is 9.70. The third-order valence-electron chi connectivity index (χ3n) is 8.03. The quantitative estimate of drug-likeness (QED) is 0.358. The molecule has 5 atom stereocenters. The lowest BCUT2D eigenvalue weighted by Crippen LogP contribution is -2.54. The van der Waals surface area contributed by atoms with Crippen LogP contribution in [0.15, 0.2) is 24.3 Å². The van der Waals surface area contributed by atoms with Gasteiger partial charge in [0, 0.05) is 24.9 Å². The molecule has 3 aliphatic heterocycles. The molecule has 1 aromatic carbocycles. The van der Waals surface area contributed by atoms with E-state index < -0.39 is 22.6 Å². The van der Waals surface area contributed by atoms with Crippen LogP contribution in [0.2, 0.25) is 0 Å². The van der Waals surface area contributed by atoms with Crippen LogP contribution in [-0.2, 0) is 21.1 Å². The van der Waals surface area contributed by atoms with Gasteiger partial charge in [-0.15, -0.1) is 16.9 Å². The van der Waals surface area contributed by atoms with Gasteiger partial charge in [0.05, 0.1) is 22.1 Å². The SMILES string of the molecule is CCCNC(=O)[C@@H]1[C@@H]2CCC3(S2)C(C(=O)NCn2nnc4ccccc42)N(CCCCCCO)C(=O)[C@H]13. The number of benzene rings is 1. The number of hydrogen-bond acceptors (Lipinski definition) is 7. The van der Waals surface area contributed by atoms with Crippen LogP contribution in [0.4, 0.5) is 0 Å². The number of aliphatic hydroxyl groups excluding tert-OH is 1. The molecule has 11 heteroatoms. The molecule has 3 aliphatic rings. The first kappa shape index (κ1) is 26.0. The van der Waals surface area contributed by atoms with Crippen LogP contribution in [0.1, 0.15) is 51.9 Å². The first-order valence-electron chi connectivity index (χ1n) is 13.4. The van der Waals surface area contributed by atoms with Crippen LogP contribution in [0.25, 0.3) is 11.0 Å². The molecule has 2 unspecified atom stereocenters. The molecule has 0 saturated carbocycles. The summed E-state index contributed by atoms with van der Waals surface area (Å²) in [5, 5.41) is 23.5. The van der Waals surface area contributed by atoms with E-state index >= 15 is 0 Å². The minimum absolute atomic E-state index is 0.0580. The molecule has 3 saturated heterocycles. The highest BCUT2D eigenvalue weighted by Crippen LogP contribution is 2.66. The van der Waals surface area contributed by atoms with Crippen LogP contribution < -0.4 is 10.6 Å². The van der Waals surface area contributed by atoms with Crippen molar-refractivity contribution in [3.05, 3.63) is 24.3 Å². The van der Waals surface area contributed by atoms with Crippen LogP contribution >= 0.6 is 11.8 Å². The van der Waals surface area contributed by atoms with Crippen molar-refractivity contribution in [2.75, 3.05) is 19.7 Å².